The lowest BCUT2D eigenvalue weighted by molar-refractivity contribution is 0.0258. The van der Waals surface area contributed by atoms with Crippen LogP contribution in [-0.2, 0) is 14.6 Å². The van der Waals surface area contributed by atoms with E-state index in [1.54, 1.807) is 24.3 Å². The van der Waals surface area contributed by atoms with E-state index in [0.29, 0.717) is 36.1 Å². The number of rotatable bonds is 5. The largest absolute Gasteiger partial charge is 0.488 e. The van der Waals surface area contributed by atoms with Crippen LogP contribution in [0.5, 0.6) is 17.2 Å². The second-order valence-electron chi connectivity index (χ2n) is 5.84. The van der Waals surface area contributed by atoms with Crippen LogP contribution in [0.3, 0.4) is 0 Å². The minimum absolute atomic E-state index is 0.000644. The van der Waals surface area contributed by atoms with Crippen LogP contribution in [-0.4, -0.2) is 39.0 Å². The number of nitrogens with two attached hydrogens (primary N) is 1. The Labute approximate surface area is 146 Å². The van der Waals surface area contributed by atoms with Crippen LogP contribution >= 0.6 is 0 Å². The molecule has 1 aliphatic rings. The van der Waals surface area contributed by atoms with Gasteiger partial charge >= 0.3 is 0 Å². The summed E-state index contributed by atoms with van der Waals surface area (Å²) in [6.07, 6.45) is 4.19. The fourth-order valence-corrected chi connectivity index (χ4v) is 3.00. The van der Waals surface area contributed by atoms with E-state index < -0.39 is 9.84 Å². The number of anilines is 1. The average Bonchev–Trinajstić information content (AvgIpc) is 2.58. The van der Waals surface area contributed by atoms with Crippen molar-refractivity contribution < 1.29 is 22.6 Å². The summed E-state index contributed by atoms with van der Waals surface area (Å²) in [5.74, 6) is 1.52. The van der Waals surface area contributed by atoms with Crippen molar-refractivity contribution in [2.75, 3.05) is 25.2 Å². The molecule has 134 valence electrons. The van der Waals surface area contributed by atoms with Gasteiger partial charge in [0.2, 0.25) is 0 Å². The van der Waals surface area contributed by atoms with Crippen molar-refractivity contribution in [3.05, 3.63) is 36.5 Å². The third-order valence-electron chi connectivity index (χ3n) is 3.77. The van der Waals surface area contributed by atoms with Crippen LogP contribution in [0.1, 0.15) is 12.8 Å². The number of nitrogens with zero attached hydrogens (tertiary/aromatic N) is 1. The van der Waals surface area contributed by atoms with Crippen LogP contribution in [0.4, 0.5) is 5.69 Å². The third kappa shape index (κ3) is 4.61. The van der Waals surface area contributed by atoms with Gasteiger partial charge in [0.15, 0.2) is 14.9 Å². The number of sulfone groups is 1. The van der Waals surface area contributed by atoms with Gasteiger partial charge in [-0.05, 0) is 24.3 Å². The van der Waals surface area contributed by atoms with E-state index in [1.807, 2.05) is 0 Å². The highest BCUT2D eigenvalue weighted by atomic mass is 32.2. The molecule has 1 saturated heterocycles. The number of nitrogen functional groups attached to an aromatic ring is 1. The summed E-state index contributed by atoms with van der Waals surface area (Å²) in [7, 11) is -3.33. The second kappa shape index (κ2) is 7.28. The zero-order valence-electron chi connectivity index (χ0n) is 13.8. The molecule has 1 aromatic heterocycles. The SMILES string of the molecule is CS(=O)(=O)c1ccc(Oc2ccc(N)c(OC3CCOCC3)c2)cn1. The van der Waals surface area contributed by atoms with E-state index in [1.165, 1.54) is 12.3 Å². The smallest absolute Gasteiger partial charge is 0.192 e. The van der Waals surface area contributed by atoms with E-state index in [4.69, 9.17) is 19.9 Å². The van der Waals surface area contributed by atoms with Crippen molar-refractivity contribution in [2.45, 2.75) is 24.0 Å². The Morgan fingerprint density at radius 3 is 2.52 bits per heavy atom. The van der Waals surface area contributed by atoms with E-state index in [9.17, 15) is 8.42 Å². The number of aromatic nitrogens is 1. The molecule has 0 aliphatic carbocycles. The van der Waals surface area contributed by atoms with Gasteiger partial charge in [0.1, 0.15) is 23.4 Å². The molecule has 2 N–H and O–H groups in total. The summed E-state index contributed by atoms with van der Waals surface area (Å²) in [5, 5.41) is 0.000644. The summed E-state index contributed by atoms with van der Waals surface area (Å²) < 4.78 is 39.8. The molecule has 0 spiro atoms. The minimum Gasteiger partial charge on any atom is -0.488 e. The van der Waals surface area contributed by atoms with Gasteiger partial charge in [-0.2, -0.15) is 0 Å². The molecular weight excluding hydrogens is 344 g/mol. The highest BCUT2D eigenvalue weighted by Crippen LogP contribution is 2.31. The van der Waals surface area contributed by atoms with Crippen molar-refractivity contribution in [1.82, 2.24) is 4.98 Å². The average molecular weight is 364 g/mol. The molecule has 0 atom stereocenters. The zero-order chi connectivity index (χ0) is 17.9. The van der Waals surface area contributed by atoms with Crippen LogP contribution in [0, 0.1) is 0 Å². The van der Waals surface area contributed by atoms with E-state index in [-0.39, 0.29) is 11.1 Å². The van der Waals surface area contributed by atoms with Gasteiger partial charge in [-0.25, -0.2) is 13.4 Å². The zero-order valence-corrected chi connectivity index (χ0v) is 14.7. The molecule has 0 saturated carbocycles. The van der Waals surface area contributed by atoms with Crippen molar-refractivity contribution in [3.63, 3.8) is 0 Å². The summed E-state index contributed by atoms with van der Waals surface area (Å²) in [4.78, 5) is 3.90. The Morgan fingerprint density at radius 2 is 1.88 bits per heavy atom. The molecule has 2 heterocycles. The summed E-state index contributed by atoms with van der Waals surface area (Å²) in [5.41, 5.74) is 6.51. The van der Waals surface area contributed by atoms with Gasteiger partial charge in [0, 0.05) is 25.2 Å². The van der Waals surface area contributed by atoms with Crippen molar-refractivity contribution in [2.24, 2.45) is 0 Å². The molecular formula is C17H20N2O5S. The molecule has 7 nitrogen and oxygen atoms in total. The first kappa shape index (κ1) is 17.5. The van der Waals surface area contributed by atoms with Crippen molar-refractivity contribution in [1.29, 1.82) is 0 Å². The number of hydrogen-bond acceptors (Lipinski definition) is 7. The normalized spacial score (nSPS) is 15.7. The lowest BCUT2D eigenvalue weighted by Gasteiger charge is -2.24. The maximum atomic E-state index is 11.4. The second-order valence-corrected chi connectivity index (χ2v) is 7.80. The molecule has 0 unspecified atom stereocenters. The first-order chi connectivity index (χ1) is 11.9. The number of benzene rings is 1. The van der Waals surface area contributed by atoms with Crippen molar-refractivity contribution in [3.8, 4) is 17.2 Å². The first-order valence-electron chi connectivity index (χ1n) is 7.90. The van der Waals surface area contributed by atoms with Crippen LogP contribution in [0.25, 0.3) is 0 Å². The molecule has 25 heavy (non-hydrogen) atoms. The van der Waals surface area contributed by atoms with Gasteiger partial charge in [0.25, 0.3) is 0 Å². The monoisotopic (exact) mass is 364 g/mol. The van der Waals surface area contributed by atoms with Crippen LogP contribution in [0.15, 0.2) is 41.6 Å². The molecule has 2 aromatic rings. The summed E-state index contributed by atoms with van der Waals surface area (Å²) >= 11 is 0. The summed E-state index contributed by atoms with van der Waals surface area (Å²) in [6, 6.07) is 8.11. The predicted octanol–water partition coefficient (Wildman–Crippen LogP) is 2.42. The Hall–Kier alpha value is -2.32. The Bertz CT molecular complexity index is 831. The van der Waals surface area contributed by atoms with Gasteiger partial charge in [-0.3, -0.25) is 0 Å². The lowest BCUT2D eigenvalue weighted by Crippen LogP contribution is -2.26. The van der Waals surface area contributed by atoms with E-state index in [2.05, 4.69) is 4.98 Å². The van der Waals surface area contributed by atoms with Gasteiger partial charge in [-0.15, -0.1) is 0 Å². The van der Waals surface area contributed by atoms with Gasteiger partial charge in [-0.1, -0.05) is 0 Å². The summed E-state index contributed by atoms with van der Waals surface area (Å²) in [6.45, 7) is 1.36. The quantitative estimate of drug-likeness (QED) is 0.813. The first-order valence-corrected chi connectivity index (χ1v) is 9.79. The molecule has 1 aliphatic heterocycles. The Morgan fingerprint density at radius 1 is 1.16 bits per heavy atom. The fraction of sp³-hybridized carbons (Fsp3) is 0.353. The predicted molar refractivity (Wildman–Crippen MR) is 92.7 cm³/mol. The van der Waals surface area contributed by atoms with Crippen LogP contribution < -0.4 is 15.2 Å². The fourth-order valence-electron chi connectivity index (χ4n) is 2.44. The number of pyridine rings is 1. The van der Waals surface area contributed by atoms with Gasteiger partial charge in [0.05, 0.1) is 25.1 Å². The molecule has 3 rings (SSSR count). The number of hydrogen-bond donors (Lipinski definition) is 1. The van der Waals surface area contributed by atoms with Crippen LogP contribution in [0.2, 0.25) is 0 Å². The topological polar surface area (TPSA) is 101 Å². The van der Waals surface area contributed by atoms with E-state index >= 15 is 0 Å². The highest BCUT2D eigenvalue weighted by Gasteiger charge is 2.17. The highest BCUT2D eigenvalue weighted by molar-refractivity contribution is 7.90. The Kier molecular flexibility index (Phi) is 5.10. The molecule has 0 amide bonds. The maximum absolute atomic E-state index is 11.4. The molecule has 1 fully saturated rings. The standard InChI is InChI=1S/C17H20N2O5S/c1-25(20,21)17-5-3-14(11-19-17)23-13-2-4-15(18)16(10-13)24-12-6-8-22-9-7-12/h2-5,10-12H,6-9,18H2,1H3. The van der Waals surface area contributed by atoms with E-state index in [0.717, 1.165) is 19.1 Å². The molecule has 8 heteroatoms. The Balaban J connectivity index is 1.73. The molecule has 0 bridgehead atoms. The van der Waals surface area contributed by atoms with Gasteiger partial charge < -0.3 is 19.9 Å². The maximum Gasteiger partial charge on any atom is 0.192 e. The minimum atomic E-state index is -3.33. The lowest BCUT2D eigenvalue weighted by atomic mass is 10.1. The third-order valence-corrected chi connectivity index (χ3v) is 4.77. The van der Waals surface area contributed by atoms with Crippen molar-refractivity contribution >= 4 is 15.5 Å². The molecule has 1 aromatic carbocycles. The number of ether oxygens (including phenoxy) is 3. The molecule has 0 radical (unpaired) electrons.